The summed E-state index contributed by atoms with van der Waals surface area (Å²) in [5.74, 6) is -1.63. The first-order valence-electron chi connectivity index (χ1n) is 13.3. The Morgan fingerprint density at radius 2 is 1.42 bits per heavy atom. The molecule has 2 aromatic carbocycles. The Kier molecular flexibility index (Phi) is 13.5. The number of halogens is 7. The average molecular weight is 650 g/mol. The lowest BCUT2D eigenvalue weighted by Gasteiger charge is -2.21. The number of likely N-dealkylation sites (N-methyl/N-ethyl adjacent to an activating group) is 2. The number of aromatic nitrogens is 2. The highest BCUT2D eigenvalue weighted by atomic mass is 19.4. The lowest BCUT2D eigenvalue weighted by atomic mass is 10.0. The molecule has 0 unspecified atom stereocenters. The van der Waals surface area contributed by atoms with Crippen molar-refractivity contribution in [2.24, 2.45) is 0 Å². The first-order chi connectivity index (χ1) is 20.9. The Morgan fingerprint density at radius 3 is 1.89 bits per heavy atom. The largest absolute Gasteiger partial charge is 0.462 e. The highest BCUT2D eigenvalue weighted by Crippen LogP contribution is 2.36. The van der Waals surface area contributed by atoms with Gasteiger partial charge in [-0.1, -0.05) is 0 Å². The van der Waals surface area contributed by atoms with Crippen molar-refractivity contribution in [1.29, 1.82) is 0 Å². The number of nitrogens with zero attached hydrogens (tertiary/aromatic N) is 5. The van der Waals surface area contributed by atoms with Crippen LogP contribution in [0.2, 0.25) is 0 Å². The molecule has 0 aliphatic rings. The van der Waals surface area contributed by atoms with Crippen molar-refractivity contribution in [2.45, 2.75) is 18.9 Å². The molecule has 0 radical (unpaired) electrons. The molecule has 0 saturated carbocycles. The van der Waals surface area contributed by atoms with Crippen molar-refractivity contribution in [3.8, 4) is 17.6 Å². The smallest absolute Gasteiger partial charge is 0.416 e. The maximum absolute atomic E-state index is 13.3. The SMILES string of the molecule is CN(C)CCO.CN(C)CCOc1ncc(C(=O)N(C)Cc2cc(C(F)(F)F)cc(C(F)(F)F)c2)c(Oc2ccc(F)cc2)n1. The van der Waals surface area contributed by atoms with Gasteiger partial charge < -0.3 is 29.3 Å². The molecule has 0 bridgehead atoms. The minimum Gasteiger partial charge on any atom is -0.462 e. The minimum atomic E-state index is -5.04. The third-order valence-electron chi connectivity index (χ3n) is 5.72. The van der Waals surface area contributed by atoms with E-state index < -0.39 is 47.3 Å². The molecule has 1 N–H and O–H groups in total. The van der Waals surface area contributed by atoms with Gasteiger partial charge in [0.2, 0.25) is 5.88 Å². The summed E-state index contributed by atoms with van der Waals surface area (Å²) >= 11 is 0. The number of carbonyl (C=O) groups excluding carboxylic acids is 1. The van der Waals surface area contributed by atoms with Crippen molar-refractivity contribution in [3.63, 3.8) is 0 Å². The highest BCUT2D eigenvalue weighted by molar-refractivity contribution is 5.96. The maximum atomic E-state index is 13.3. The number of benzene rings is 2. The summed E-state index contributed by atoms with van der Waals surface area (Å²) in [5.41, 5.74) is -3.67. The van der Waals surface area contributed by atoms with Crippen molar-refractivity contribution in [2.75, 3.05) is 61.5 Å². The van der Waals surface area contributed by atoms with Crippen LogP contribution in [0.15, 0.2) is 48.7 Å². The summed E-state index contributed by atoms with van der Waals surface area (Å²) in [6.07, 6.45) is -9.01. The molecule has 3 aromatic rings. The summed E-state index contributed by atoms with van der Waals surface area (Å²) in [6.45, 7) is 1.11. The van der Waals surface area contributed by atoms with Crippen LogP contribution in [0.4, 0.5) is 30.7 Å². The monoisotopic (exact) mass is 649 g/mol. The number of hydrogen-bond acceptors (Lipinski definition) is 8. The first-order valence-corrected chi connectivity index (χ1v) is 13.3. The van der Waals surface area contributed by atoms with Gasteiger partial charge in [-0.2, -0.15) is 31.3 Å². The molecule has 0 saturated heterocycles. The summed E-state index contributed by atoms with van der Waals surface area (Å²) in [4.78, 5) is 25.9. The molecule has 0 fully saturated rings. The molecule has 0 spiro atoms. The number of carbonyl (C=O) groups is 1. The zero-order valence-corrected chi connectivity index (χ0v) is 25.2. The van der Waals surface area contributed by atoms with E-state index in [4.69, 9.17) is 14.6 Å². The Labute approximate surface area is 255 Å². The van der Waals surface area contributed by atoms with Gasteiger partial charge in [-0.15, -0.1) is 0 Å². The third-order valence-corrected chi connectivity index (χ3v) is 5.72. The first kappa shape index (κ1) is 37.2. The Hall–Kier alpha value is -4.02. The minimum absolute atomic E-state index is 0.00280. The molecule has 248 valence electrons. The Morgan fingerprint density at radius 1 is 0.867 bits per heavy atom. The maximum Gasteiger partial charge on any atom is 0.416 e. The van der Waals surface area contributed by atoms with Crippen LogP contribution in [0.25, 0.3) is 0 Å². The van der Waals surface area contributed by atoms with Crippen LogP contribution < -0.4 is 9.47 Å². The van der Waals surface area contributed by atoms with E-state index in [0.717, 1.165) is 29.8 Å². The number of aliphatic hydroxyl groups excluding tert-OH is 1. The van der Waals surface area contributed by atoms with Crippen LogP contribution in [0.3, 0.4) is 0 Å². The predicted molar refractivity (Wildman–Crippen MR) is 150 cm³/mol. The quantitative estimate of drug-likeness (QED) is 0.284. The topological polar surface area (TPSA) is 91.3 Å². The number of rotatable bonds is 11. The molecule has 0 aliphatic heterocycles. The summed E-state index contributed by atoms with van der Waals surface area (Å²) < 4.78 is 104. The van der Waals surface area contributed by atoms with Crippen LogP contribution >= 0.6 is 0 Å². The fraction of sp³-hybridized carbons (Fsp3) is 0.414. The molecular formula is C29H34F7N5O4. The van der Waals surface area contributed by atoms with Gasteiger partial charge in [-0.25, -0.2) is 9.37 Å². The Balaban J connectivity index is 0.00000107. The lowest BCUT2D eigenvalue weighted by molar-refractivity contribution is -0.143. The molecule has 3 rings (SSSR count). The predicted octanol–water partition coefficient (Wildman–Crippen LogP) is 5.20. The lowest BCUT2D eigenvalue weighted by Crippen LogP contribution is -2.27. The fourth-order valence-corrected chi connectivity index (χ4v) is 3.44. The third kappa shape index (κ3) is 12.5. The van der Waals surface area contributed by atoms with Crippen molar-refractivity contribution in [1.82, 2.24) is 24.7 Å². The number of amides is 1. The van der Waals surface area contributed by atoms with Crippen molar-refractivity contribution < 1.29 is 50.1 Å². The van der Waals surface area contributed by atoms with Gasteiger partial charge >= 0.3 is 18.4 Å². The molecule has 1 amide bonds. The second kappa shape index (κ2) is 16.3. The number of alkyl halides is 6. The molecule has 0 atom stereocenters. The normalized spacial score (nSPS) is 11.7. The standard InChI is InChI=1S/C25H23F7N4O3.C4H11NO/c1-35(2)8-9-38-23-33-13-20(21(34-23)39-19-6-4-18(26)5-7-19)22(37)36(3)14-15-10-16(24(27,28)29)12-17(11-15)25(30,31)32;1-5(2)3-4-6/h4-7,10-13H,8-9,14H2,1-3H3;6H,3-4H2,1-2H3. The van der Waals surface area contributed by atoms with Crippen molar-refractivity contribution in [3.05, 3.63) is 76.7 Å². The molecule has 1 heterocycles. The second-order valence-electron chi connectivity index (χ2n) is 10.2. The van der Waals surface area contributed by atoms with E-state index in [2.05, 4.69) is 9.97 Å². The number of aliphatic hydroxyl groups is 1. The zero-order valence-electron chi connectivity index (χ0n) is 25.2. The summed E-state index contributed by atoms with van der Waals surface area (Å²) in [5, 5.41) is 8.20. The van der Waals surface area contributed by atoms with Crippen LogP contribution in [0.5, 0.6) is 17.6 Å². The van der Waals surface area contributed by atoms with Gasteiger partial charge in [0.25, 0.3) is 5.91 Å². The van der Waals surface area contributed by atoms with E-state index >= 15 is 0 Å². The van der Waals surface area contributed by atoms with Crippen molar-refractivity contribution >= 4 is 5.91 Å². The molecule has 45 heavy (non-hydrogen) atoms. The van der Waals surface area contributed by atoms with E-state index in [1.807, 2.05) is 38.0 Å². The van der Waals surface area contributed by atoms with E-state index in [0.29, 0.717) is 18.7 Å². The van der Waals surface area contributed by atoms with Gasteiger partial charge in [0.05, 0.1) is 23.9 Å². The van der Waals surface area contributed by atoms with E-state index in [9.17, 15) is 35.5 Å². The van der Waals surface area contributed by atoms with Gasteiger partial charge in [0.1, 0.15) is 23.7 Å². The number of ether oxygens (including phenoxy) is 2. The van der Waals surface area contributed by atoms with E-state index in [-0.39, 0.29) is 42.5 Å². The highest BCUT2D eigenvalue weighted by Gasteiger charge is 2.37. The van der Waals surface area contributed by atoms with Gasteiger partial charge in [-0.3, -0.25) is 4.79 Å². The fourth-order valence-electron chi connectivity index (χ4n) is 3.44. The Bertz CT molecular complexity index is 1350. The summed E-state index contributed by atoms with van der Waals surface area (Å²) in [6, 6.07) is 5.66. The van der Waals surface area contributed by atoms with E-state index in [1.165, 1.54) is 19.2 Å². The number of hydrogen-bond donors (Lipinski definition) is 1. The van der Waals surface area contributed by atoms with Crippen LogP contribution in [-0.4, -0.2) is 97.2 Å². The molecule has 1 aromatic heterocycles. The van der Waals surface area contributed by atoms with Gasteiger partial charge in [0, 0.05) is 26.7 Å². The van der Waals surface area contributed by atoms with Crippen LogP contribution in [0.1, 0.15) is 27.0 Å². The van der Waals surface area contributed by atoms with Crippen LogP contribution in [-0.2, 0) is 18.9 Å². The van der Waals surface area contributed by atoms with E-state index in [1.54, 1.807) is 0 Å². The molecule has 0 aliphatic carbocycles. The van der Waals surface area contributed by atoms with Crippen LogP contribution in [0, 0.1) is 5.82 Å². The molecular weight excluding hydrogens is 615 g/mol. The van der Waals surface area contributed by atoms with Gasteiger partial charge in [-0.05, 0) is 76.2 Å². The molecule has 16 heteroatoms. The average Bonchev–Trinajstić information content (AvgIpc) is 2.93. The summed E-state index contributed by atoms with van der Waals surface area (Å²) in [7, 11) is 8.66. The van der Waals surface area contributed by atoms with Gasteiger partial charge in [0.15, 0.2) is 0 Å². The zero-order chi connectivity index (χ0) is 33.9. The second-order valence-corrected chi connectivity index (χ2v) is 10.2. The molecule has 9 nitrogen and oxygen atoms in total.